The number of carbonyl (C=O) groups excluding carboxylic acids is 3. The highest BCUT2D eigenvalue weighted by atomic mass is 16.2. The van der Waals surface area contributed by atoms with Gasteiger partial charge in [0.25, 0.3) is 5.91 Å². The number of hydrogen-bond acceptors (Lipinski definition) is 4. The first kappa shape index (κ1) is 21.7. The summed E-state index contributed by atoms with van der Waals surface area (Å²) >= 11 is 0. The Morgan fingerprint density at radius 3 is 2.33 bits per heavy atom. The fourth-order valence-corrected chi connectivity index (χ4v) is 5.99. The van der Waals surface area contributed by atoms with Gasteiger partial charge >= 0.3 is 0 Å². The lowest BCUT2D eigenvalue weighted by molar-refractivity contribution is -0.124. The van der Waals surface area contributed by atoms with Crippen molar-refractivity contribution in [3.05, 3.63) is 64.2 Å². The van der Waals surface area contributed by atoms with E-state index in [-0.39, 0.29) is 17.6 Å². The predicted molar refractivity (Wildman–Crippen MR) is 128 cm³/mol. The molecule has 2 amide bonds. The molecule has 1 spiro atoms. The van der Waals surface area contributed by atoms with Gasteiger partial charge in [0.05, 0.1) is 6.67 Å². The van der Waals surface area contributed by atoms with E-state index in [4.69, 9.17) is 0 Å². The maximum atomic E-state index is 13.7. The number of piperidine rings is 1. The van der Waals surface area contributed by atoms with Crippen LogP contribution in [0.5, 0.6) is 0 Å². The van der Waals surface area contributed by atoms with Crippen LogP contribution in [-0.4, -0.2) is 47.8 Å². The number of Topliss-reactive ketones (excluding diaryl/α,β-unsaturated/α-hetero) is 1. The predicted octanol–water partition coefficient (Wildman–Crippen LogP) is 3.64. The average molecular weight is 446 g/mol. The molecule has 0 unspecified atom stereocenters. The lowest BCUT2D eigenvalue weighted by Gasteiger charge is -2.43. The SMILES string of the molecule is Cc1cc(C)c2c(c1C(=O)N1CCC3(CC1)C(=O)NCN3c1ccccc1)CC(C)(C)C2=O. The molecule has 0 atom stereocenters. The van der Waals surface area contributed by atoms with Crippen LogP contribution in [0.2, 0.25) is 0 Å². The lowest BCUT2D eigenvalue weighted by Crippen LogP contribution is -2.57. The number of rotatable bonds is 2. The van der Waals surface area contributed by atoms with Crippen LogP contribution in [0.25, 0.3) is 0 Å². The van der Waals surface area contributed by atoms with Crippen molar-refractivity contribution >= 4 is 23.3 Å². The van der Waals surface area contributed by atoms with Crippen molar-refractivity contribution in [3.8, 4) is 0 Å². The van der Waals surface area contributed by atoms with Crippen LogP contribution in [0, 0.1) is 19.3 Å². The van der Waals surface area contributed by atoms with Crippen molar-refractivity contribution in [3.63, 3.8) is 0 Å². The van der Waals surface area contributed by atoms with Crippen LogP contribution in [0.1, 0.15) is 64.1 Å². The number of benzene rings is 2. The van der Waals surface area contributed by atoms with Gasteiger partial charge < -0.3 is 15.1 Å². The van der Waals surface area contributed by atoms with Crippen molar-refractivity contribution in [2.75, 3.05) is 24.7 Å². The molecule has 0 aromatic heterocycles. The molecular formula is C27H31N3O3. The summed E-state index contributed by atoms with van der Waals surface area (Å²) in [6.07, 6.45) is 1.75. The quantitative estimate of drug-likeness (QED) is 0.766. The molecule has 2 saturated heterocycles. The smallest absolute Gasteiger partial charge is 0.254 e. The van der Waals surface area contributed by atoms with E-state index in [1.807, 2.05) is 69.0 Å². The van der Waals surface area contributed by atoms with Crippen molar-refractivity contribution in [1.82, 2.24) is 10.2 Å². The minimum atomic E-state index is -0.625. The minimum absolute atomic E-state index is 0.0197. The normalized spacial score (nSPS) is 20.8. The molecule has 6 heteroatoms. The van der Waals surface area contributed by atoms with Crippen molar-refractivity contribution in [1.29, 1.82) is 0 Å². The van der Waals surface area contributed by atoms with Crippen molar-refractivity contribution in [2.24, 2.45) is 5.41 Å². The molecule has 2 fully saturated rings. The zero-order valence-electron chi connectivity index (χ0n) is 19.8. The molecule has 0 bridgehead atoms. The average Bonchev–Trinajstić information content (AvgIpc) is 3.22. The summed E-state index contributed by atoms with van der Waals surface area (Å²) in [5.41, 5.74) is 4.09. The third kappa shape index (κ3) is 3.18. The third-order valence-electron chi connectivity index (χ3n) is 7.78. The van der Waals surface area contributed by atoms with Gasteiger partial charge in [-0.25, -0.2) is 0 Å². The summed E-state index contributed by atoms with van der Waals surface area (Å²) < 4.78 is 0. The summed E-state index contributed by atoms with van der Waals surface area (Å²) in [4.78, 5) is 43.7. The number of likely N-dealkylation sites (tertiary alicyclic amines) is 1. The molecule has 1 aliphatic carbocycles. The van der Waals surface area contributed by atoms with E-state index in [0.717, 1.165) is 27.9 Å². The largest absolute Gasteiger partial charge is 0.339 e. The second kappa shape index (κ2) is 7.44. The van der Waals surface area contributed by atoms with E-state index in [2.05, 4.69) is 10.2 Å². The highest BCUT2D eigenvalue weighted by Gasteiger charge is 2.51. The molecule has 0 radical (unpaired) electrons. The van der Waals surface area contributed by atoms with Crippen molar-refractivity contribution < 1.29 is 14.4 Å². The first-order chi connectivity index (χ1) is 15.7. The van der Waals surface area contributed by atoms with E-state index >= 15 is 0 Å². The number of nitrogens with one attached hydrogen (secondary N) is 1. The molecule has 6 nitrogen and oxygen atoms in total. The number of ketones is 1. The van der Waals surface area contributed by atoms with Gasteiger partial charge in [-0.2, -0.15) is 0 Å². The minimum Gasteiger partial charge on any atom is -0.339 e. The first-order valence-electron chi connectivity index (χ1n) is 11.7. The number of aryl methyl sites for hydroxylation is 2. The van der Waals surface area contributed by atoms with Crippen LogP contribution < -0.4 is 10.2 Å². The number of para-hydroxylation sites is 1. The molecule has 2 aliphatic heterocycles. The maximum Gasteiger partial charge on any atom is 0.254 e. The first-order valence-corrected chi connectivity index (χ1v) is 11.7. The van der Waals surface area contributed by atoms with Gasteiger partial charge in [-0.15, -0.1) is 0 Å². The maximum absolute atomic E-state index is 13.7. The number of carbonyl (C=O) groups is 3. The summed E-state index contributed by atoms with van der Waals surface area (Å²) in [5.74, 6) is 0.148. The zero-order chi connectivity index (χ0) is 23.5. The van der Waals surface area contributed by atoms with E-state index in [1.54, 1.807) is 0 Å². The van der Waals surface area contributed by atoms with Gasteiger partial charge in [-0.3, -0.25) is 14.4 Å². The second-order valence-corrected chi connectivity index (χ2v) is 10.4. The fourth-order valence-electron chi connectivity index (χ4n) is 5.99. The lowest BCUT2D eigenvalue weighted by atomic mass is 9.85. The van der Waals surface area contributed by atoms with E-state index in [0.29, 0.717) is 44.6 Å². The van der Waals surface area contributed by atoms with Gasteiger partial charge in [0, 0.05) is 35.3 Å². The molecule has 33 heavy (non-hydrogen) atoms. The number of fused-ring (bicyclic) bond motifs is 1. The van der Waals surface area contributed by atoms with E-state index in [1.165, 1.54) is 0 Å². The van der Waals surface area contributed by atoms with Crippen LogP contribution in [0.4, 0.5) is 5.69 Å². The summed E-state index contributed by atoms with van der Waals surface area (Å²) in [6, 6.07) is 12.0. The Kier molecular flexibility index (Phi) is 4.89. The zero-order valence-corrected chi connectivity index (χ0v) is 19.8. The second-order valence-electron chi connectivity index (χ2n) is 10.4. The van der Waals surface area contributed by atoms with Gasteiger partial charge in [-0.1, -0.05) is 38.1 Å². The molecule has 172 valence electrons. The Morgan fingerprint density at radius 1 is 1.00 bits per heavy atom. The molecule has 2 aromatic carbocycles. The van der Waals surface area contributed by atoms with Gasteiger partial charge in [-0.05, 0) is 61.9 Å². The molecule has 0 saturated carbocycles. The van der Waals surface area contributed by atoms with E-state index < -0.39 is 11.0 Å². The topological polar surface area (TPSA) is 69.7 Å². The Hall–Kier alpha value is -3.15. The molecule has 3 aliphatic rings. The Bertz CT molecular complexity index is 1160. The summed E-state index contributed by atoms with van der Waals surface area (Å²) in [5, 5.41) is 3.01. The van der Waals surface area contributed by atoms with E-state index in [9.17, 15) is 14.4 Å². The van der Waals surface area contributed by atoms with Crippen LogP contribution in [0.3, 0.4) is 0 Å². The molecule has 2 heterocycles. The Morgan fingerprint density at radius 2 is 1.67 bits per heavy atom. The monoisotopic (exact) mass is 445 g/mol. The standard InChI is InChI=1S/C27H31N3O3/c1-17-14-18(2)22(20-15-26(3,4)23(31)21(17)20)24(32)29-12-10-27(11-13-29)25(33)28-16-30(27)19-8-6-5-7-9-19/h5-9,14H,10-13,15-16H2,1-4H3,(H,28,33). The van der Waals surface area contributed by atoms with Gasteiger partial charge in [0.1, 0.15) is 5.54 Å². The van der Waals surface area contributed by atoms with Gasteiger partial charge in [0.2, 0.25) is 5.91 Å². The molecule has 1 N–H and O–H groups in total. The third-order valence-corrected chi connectivity index (χ3v) is 7.78. The molecule has 5 rings (SSSR count). The van der Waals surface area contributed by atoms with Crippen LogP contribution in [-0.2, 0) is 11.2 Å². The number of anilines is 1. The number of nitrogens with zero attached hydrogens (tertiary/aromatic N) is 2. The summed E-state index contributed by atoms with van der Waals surface area (Å²) in [7, 11) is 0. The molecule has 2 aromatic rings. The summed E-state index contributed by atoms with van der Waals surface area (Å²) in [6.45, 7) is 9.34. The van der Waals surface area contributed by atoms with Crippen molar-refractivity contribution in [2.45, 2.75) is 52.5 Å². The number of hydrogen-bond donors (Lipinski definition) is 1. The highest BCUT2D eigenvalue weighted by molar-refractivity contribution is 6.10. The Labute approximate surface area is 194 Å². The number of amides is 2. The van der Waals surface area contributed by atoms with Crippen LogP contribution in [0.15, 0.2) is 36.4 Å². The van der Waals surface area contributed by atoms with Gasteiger partial charge in [0.15, 0.2) is 5.78 Å². The Balaban J connectivity index is 1.43. The molecular weight excluding hydrogens is 414 g/mol. The fraction of sp³-hybridized carbons (Fsp3) is 0.444. The highest BCUT2D eigenvalue weighted by Crippen LogP contribution is 2.42. The van der Waals surface area contributed by atoms with Crippen LogP contribution >= 0.6 is 0 Å².